The Bertz CT molecular complexity index is 634. The normalized spacial score (nSPS) is 22.9. The van der Waals surface area contributed by atoms with E-state index in [0.29, 0.717) is 6.42 Å². The minimum atomic E-state index is -5.01. The Morgan fingerprint density at radius 3 is 2.56 bits per heavy atom. The number of alkyl halides is 3. The molecule has 1 saturated heterocycles. The minimum absolute atomic E-state index is 0.0922. The minimum Gasteiger partial charge on any atom is -0.458 e. The Labute approximate surface area is 154 Å². The van der Waals surface area contributed by atoms with Crippen LogP contribution in [-0.2, 0) is 35.1 Å². The van der Waals surface area contributed by atoms with Crippen molar-refractivity contribution in [3.8, 4) is 0 Å². The number of hydrogen-bond donors (Lipinski definition) is 0. The van der Waals surface area contributed by atoms with Crippen LogP contribution >= 0.6 is 0 Å². The van der Waals surface area contributed by atoms with Crippen molar-refractivity contribution in [2.45, 2.75) is 50.9 Å². The summed E-state index contributed by atoms with van der Waals surface area (Å²) in [5.74, 6) is -6.41. The highest BCUT2D eigenvalue weighted by molar-refractivity contribution is 6.29. The summed E-state index contributed by atoms with van der Waals surface area (Å²) in [4.78, 5) is 23.0. The van der Waals surface area contributed by atoms with Crippen LogP contribution in [0.25, 0.3) is 0 Å². The summed E-state index contributed by atoms with van der Waals surface area (Å²) >= 11 is 0. The molecule has 1 aliphatic heterocycles. The molecule has 27 heavy (non-hydrogen) atoms. The molecule has 0 radical (unpaired) electrons. The van der Waals surface area contributed by atoms with Crippen molar-refractivity contribution in [1.29, 1.82) is 0 Å². The Morgan fingerprint density at radius 2 is 1.93 bits per heavy atom. The van der Waals surface area contributed by atoms with Crippen LogP contribution in [0.1, 0.15) is 31.7 Å². The monoisotopic (exact) mass is 390 g/mol. The highest BCUT2D eigenvalue weighted by Crippen LogP contribution is 2.43. The van der Waals surface area contributed by atoms with E-state index in [1.807, 2.05) is 30.3 Å². The van der Waals surface area contributed by atoms with E-state index in [2.05, 4.69) is 9.47 Å². The zero-order chi connectivity index (χ0) is 19.9. The topological polar surface area (TPSA) is 71.1 Å². The van der Waals surface area contributed by atoms with Gasteiger partial charge in [0.2, 0.25) is 0 Å². The fourth-order valence-corrected chi connectivity index (χ4v) is 2.67. The van der Waals surface area contributed by atoms with Gasteiger partial charge in [-0.3, -0.25) is 0 Å². The molecule has 1 fully saturated rings. The van der Waals surface area contributed by atoms with Crippen LogP contribution in [0.15, 0.2) is 30.3 Å². The molecule has 0 bridgehead atoms. The van der Waals surface area contributed by atoms with Crippen molar-refractivity contribution in [3.63, 3.8) is 0 Å². The number of rotatable bonds is 6. The summed E-state index contributed by atoms with van der Waals surface area (Å²) in [7, 11) is 0. The third-order valence-electron chi connectivity index (χ3n) is 3.94. The third kappa shape index (κ3) is 5.67. The van der Waals surface area contributed by atoms with Crippen molar-refractivity contribution in [2.24, 2.45) is 0 Å². The van der Waals surface area contributed by atoms with Crippen molar-refractivity contribution in [2.75, 3.05) is 13.2 Å². The van der Waals surface area contributed by atoms with Crippen LogP contribution in [-0.4, -0.2) is 43.2 Å². The maximum Gasteiger partial charge on any atom is 0.455 e. The predicted molar refractivity (Wildman–Crippen MR) is 86.3 cm³/mol. The first kappa shape index (κ1) is 21.2. The van der Waals surface area contributed by atoms with E-state index in [4.69, 9.17) is 9.47 Å². The third-order valence-corrected chi connectivity index (χ3v) is 3.94. The molecule has 1 heterocycles. The first-order valence-electron chi connectivity index (χ1n) is 8.53. The average molecular weight is 390 g/mol. The molecule has 2 unspecified atom stereocenters. The predicted octanol–water partition coefficient (Wildman–Crippen LogP) is 3.14. The number of esters is 2. The van der Waals surface area contributed by atoms with Crippen LogP contribution in [0, 0.1) is 0 Å². The maximum absolute atomic E-state index is 13.6. The summed E-state index contributed by atoms with van der Waals surface area (Å²) in [5, 5.41) is 0. The van der Waals surface area contributed by atoms with E-state index < -0.39 is 36.4 Å². The summed E-state index contributed by atoms with van der Waals surface area (Å²) < 4.78 is 60.0. The number of benzene rings is 1. The number of halogens is 3. The van der Waals surface area contributed by atoms with Crippen LogP contribution in [0.5, 0.6) is 0 Å². The molecule has 2 rings (SSSR count). The van der Waals surface area contributed by atoms with Crippen LogP contribution < -0.4 is 0 Å². The van der Waals surface area contributed by atoms with Crippen molar-refractivity contribution in [3.05, 3.63) is 35.9 Å². The lowest BCUT2D eigenvalue weighted by Gasteiger charge is -2.40. The number of hydrogen-bond acceptors (Lipinski definition) is 6. The molecule has 0 aromatic heterocycles. The number of carbonyl (C=O) groups excluding carboxylic acids is 2. The summed E-state index contributed by atoms with van der Waals surface area (Å²) in [6.07, 6.45) is -6.14. The molecule has 0 aliphatic carbocycles. The molecule has 0 spiro atoms. The second-order valence-corrected chi connectivity index (χ2v) is 5.99. The molecule has 1 aromatic rings. The van der Waals surface area contributed by atoms with E-state index in [-0.39, 0.29) is 26.2 Å². The van der Waals surface area contributed by atoms with Gasteiger partial charge >= 0.3 is 23.9 Å². The van der Waals surface area contributed by atoms with Gasteiger partial charge in [-0.25, -0.2) is 9.59 Å². The summed E-state index contributed by atoms with van der Waals surface area (Å²) in [5.41, 5.74) is 0.865. The van der Waals surface area contributed by atoms with Crippen molar-refractivity contribution < 1.29 is 41.7 Å². The van der Waals surface area contributed by atoms with E-state index in [9.17, 15) is 22.8 Å². The van der Waals surface area contributed by atoms with E-state index >= 15 is 0 Å². The van der Waals surface area contributed by atoms with Gasteiger partial charge in [0.15, 0.2) is 0 Å². The van der Waals surface area contributed by atoms with Gasteiger partial charge < -0.3 is 18.9 Å². The Hall–Kier alpha value is -2.13. The molecule has 0 N–H and O–H groups in total. The van der Waals surface area contributed by atoms with Gasteiger partial charge in [0, 0.05) is 6.42 Å². The smallest absolute Gasteiger partial charge is 0.455 e. The van der Waals surface area contributed by atoms with E-state index in [1.54, 1.807) is 0 Å². The highest BCUT2D eigenvalue weighted by Gasteiger charge is 2.62. The van der Waals surface area contributed by atoms with Crippen molar-refractivity contribution in [1.82, 2.24) is 0 Å². The lowest BCUT2D eigenvalue weighted by molar-refractivity contribution is -0.391. The second kappa shape index (κ2) is 9.18. The van der Waals surface area contributed by atoms with Gasteiger partial charge in [-0.2, -0.15) is 13.2 Å². The number of ether oxygens (including phenoxy) is 4. The lowest BCUT2D eigenvalue weighted by atomic mass is 10.0. The average Bonchev–Trinajstić information content (AvgIpc) is 2.62. The van der Waals surface area contributed by atoms with Gasteiger partial charge in [-0.05, 0) is 25.3 Å². The molecule has 6 nitrogen and oxygen atoms in total. The maximum atomic E-state index is 13.6. The molecular weight excluding hydrogens is 369 g/mol. The van der Waals surface area contributed by atoms with Crippen molar-refractivity contribution >= 4 is 11.9 Å². The molecule has 150 valence electrons. The molecule has 1 aliphatic rings. The van der Waals surface area contributed by atoms with Crippen LogP contribution in [0.4, 0.5) is 13.2 Å². The van der Waals surface area contributed by atoms with Crippen LogP contribution in [0.2, 0.25) is 0 Å². The number of carbonyl (C=O) groups is 2. The first-order chi connectivity index (χ1) is 12.8. The highest BCUT2D eigenvalue weighted by atomic mass is 19.4. The van der Waals surface area contributed by atoms with E-state index in [1.165, 1.54) is 6.92 Å². The van der Waals surface area contributed by atoms with Gasteiger partial charge in [0.25, 0.3) is 0 Å². The molecule has 2 atom stereocenters. The lowest BCUT2D eigenvalue weighted by Crippen LogP contribution is -2.56. The van der Waals surface area contributed by atoms with Crippen LogP contribution in [0.3, 0.4) is 0 Å². The zero-order valence-electron chi connectivity index (χ0n) is 14.8. The summed E-state index contributed by atoms with van der Waals surface area (Å²) in [6.45, 7) is 1.36. The summed E-state index contributed by atoms with van der Waals surface area (Å²) in [6, 6.07) is 9.12. The molecule has 1 aromatic carbocycles. The fourth-order valence-electron chi connectivity index (χ4n) is 2.67. The Kier molecular flexibility index (Phi) is 7.20. The van der Waals surface area contributed by atoms with Gasteiger partial charge in [-0.15, -0.1) is 0 Å². The second-order valence-electron chi connectivity index (χ2n) is 5.99. The molecule has 0 amide bonds. The quantitative estimate of drug-likeness (QED) is 0.549. The largest absolute Gasteiger partial charge is 0.458 e. The first-order valence-corrected chi connectivity index (χ1v) is 8.53. The molecule has 9 heteroatoms. The Balaban J connectivity index is 2.00. The Morgan fingerprint density at radius 1 is 1.22 bits per heavy atom. The standard InChI is InChI=1S/C18H21F3O6/c1-2-25-15(22)16(23)27-17(18(19,20)21)10-6-9-14(26-17)12-24-11-13-7-4-3-5-8-13/h3-5,7-8,14H,2,6,9-12H2,1H3. The molecular formula is C18H21F3O6. The fraction of sp³-hybridized carbons (Fsp3) is 0.556. The molecule has 0 saturated carbocycles. The SMILES string of the molecule is CCOC(=O)C(=O)OC1(C(F)(F)F)CCCC(COCc2ccccc2)O1. The van der Waals surface area contributed by atoms with Gasteiger partial charge in [0.1, 0.15) is 0 Å². The van der Waals surface area contributed by atoms with E-state index in [0.717, 1.165) is 5.56 Å². The van der Waals surface area contributed by atoms with Gasteiger partial charge in [0.05, 0.1) is 25.9 Å². The van der Waals surface area contributed by atoms with Gasteiger partial charge in [-0.1, -0.05) is 30.3 Å². The zero-order valence-corrected chi connectivity index (χ0v) is 14.8.